The Hall–Kier alpha value is -3.02. The zero-order valence-electron chi connectivity index (χ0n) is 17.4. The van der Waals surface area contributed by atoms with E-state index in [0.717, 1.165) is 27.3 Å². The molecular weight excluding hydrogens is 428 g/mol. The Balaban J connectivity index is 1.78. The van der Waals surface area contributed by atoms with Crippen LogP contribution in [0.15, 0.2) is 82.2 Å². The second kappa shape index (κ2) is 8.61. The lowest BCUT2D eigenvalue weighted by Crippen LogP contribution is -2.33. The summed E-state index contributed by atoms with van der Waals surface area (Å²) in [7, 11) is 0. The van der Waals surface area contributed by atoms with Gasteiger partial charge in [0.25, 0.3) is 11.8 Å². The zero-order valence-corrected chi connectivity index (χ0v) is 19.0. The molecule has 156 valence electrons. The van der Waals surface area contributed by atoms with Crippen LogP contribution in [0.1, 0.15) is 16.7 Å². The van der Waals surface area contributed by atoms with Gasteiger partial charge in [-0.25, -0.2) is 4.90 Å². The predicted molar refractivity (Wildman–Crippen MR) is 128 cm³/mol. The fourth-order valence-electron chi connectivity index (χ4n) is 3.40. The van der Waals surface area contributed by atoms with Crippen molar-refractivity contribution >= 4 is 46.6 Å². The summed E-state index contributed by atoms with van der Waals surface area (Å²) in [4.78, 5) is 29.4. The molecule has 0 atom stereocenters. The molecule has 1 aliphatic rings. The van der Waals surface area contributed by atoms with E-state index >= 15 is 0 Å². The second-order valence-electron chi connectivity index (χ2n) is 7.42. The molecule has 1 heterocycles. The van der Waals surface area contributed by atoms with Gasteiger partial charge in [-0.05, 0) is 79.9 Å². The normalized spacial score (nSPS) is 13.9. The van der Waals surface area contributed by atoms with Crippen molar-refractivity contribution in [2.45, 2.75) is 25.7 Å². The van der Waals surface area contributed by atoms with Crippen molar-refractivity contribution in [3.63, 3.8) is 0 Å². The molecule has 0 aliphatic carbocycles. The molecule has 0 aromatic heterocycles. The van der Waals surface area contributed by atoms with Crippen molar-refractivity contribution in [2.75, 3.05) is 10.2 Å². The number of halogens is 1. The van der Waals surface area contributed by atoms with E-state index in [1.54, 1.807) is 18.2 Å². The van der Waals surface area contributed by atoms with Gasteiger partial charge < -0.3 is 5.32 Å². The Bertz CT molecular complexity index is 1220. The number of hydrogen-bond acceptors (Lipinski definition) is 4. The minimum atomic E-state index is -0.364. The van der Waals surface area contributed by atoms with Crippen LogP contribution in [-0.2, 0) is 9.59 Å². The van der Waals surface area contributed by atoms with Crippen LogP contribution in [0.25, 0.3) is 0 Å². The molecule has 4 rings (SSSR count). The van der Waals surface area contributed by atoms with Gasteiger partial charge in [0.15, 0.2) is 0 Å². The lowest BCUT2D eigenvalue weighted by molar-refractivity contribution is -0.120. The van der Waals surface area contributed by atoms with E-state index in [-0.39, 0.29) is 17.5 Å². The van der Waals surface area contributed by atoms with Crippen LogP contribution in [0, 0.1) is 20.8 Å². The third kappa shape index (κ3) is 4.24. The maximum absolute atomic E-state index is 13.5. The molecule has 0 unspecified atom stereocenters. The van der Waals surface area contributed by atoms with E-state index in [1.165, 1.54) is 16.7 Å². The number of rotatable bonds is 5. The van der Waals surface area contributed by atoms with Crippen LogP contribution >= 0.6 is 23.4 Å². The highest BCUT2D eigenvalue weighted by molar-refractivity contribution is 8.04. The Morgan fingerprint density at radius 1 is 0.871 bits per heavy atom. The first kappa shape index (κ1) is 21.2. The summed E-state index contributed by atoms with van der Waals surface area (Å²) >= 11 is 7.26. The van der Waals surface area contributed by atoms with Gasteiger partial charge in [0.2, 0.25) is 0 Å². The number of hydrogen-bond donors (Lipinski definition) is 1. The molecular formula is C25H21ClN2O2S. The van der Waals surface area contributed by atoms with E-state index in [9.17, 15) is 9.59 Å². The van der Waals surface area contributed by atoms with Gasteiger partial charge in [0.1, 0.15) is 10.6 Å². The molecule has 0 saturated heterocycles. The number of thioether (sulfide) groups is 1. The molecule has 0 saturated carbocycles. The number of nitrogens with zero attached hydrogens (tertiary/aromatic N) is 1. The molecule has 6 heteroatoms. The number of imide groups is 1. The van der Waals surface area contributed by atoms with Crippen molar-refractivity contribution < 1.29 is 9.59 Å². The van der Waals surface area contributed by atoms with Gasteiger partial charge in [0, 0.05) is 15.6 Å². The van der Waals surface area contributed by atoms with Crippen LogP contribution in [0.2, 0.25) is 5.02 Å². The first-order valence-corrected chi connectivity index (χ1v) is 11.0. The van der Waals surface area contributed by atoms with Crippen LogP contribution in [-0.4, -0.2) is 11.8 Å². The van der Waals surface area contributed by atoms with E-state index < -0.39 is 0 Å². The monoisotopic (exact) mass is 448 g/mol. The topological polar surface area (TPSA) is 49.4 Å². The van der Waals surface area contributed by atoms with Crippen LogP contribution in [0.5, 0.6) is 0 Å². The maximum Gasteiger partial charge on any atom is 0.283 e. The second-order valence-corrected chi connectivity index (χ2v) is 8.94. The number of nitrogens with one attached hydrogen (secondary N) is 1. The molecule has 3 aromatic carbocycles. The third-order valence-corrected chi connectivity index (χ3v) is 6.52. The van der Waals surface area contributed by atoms with Crippen LogP contribution < -0.4 is 10.2 Å². The molecule has 0 spiro atoms. The van der Waals surface area contributed by atoms with Gasteiger partial charge in [0.05, 0.1) is 5.69 Å². The Labute approximate surface area is 190 Å². The summed E-state index contributed by atoms with van der Waals surface area (Å²) < 4.78 is 0. The highest BCUT2D eigenvalue weighted by atomic mass is 35.5. The van der Waals surface area contributed by atoms with Crippen molar-refractivity contribution in [3.05, 3.63) is 99.0 Å². The van der Waals surface area contributed by atoms with Gasteiger partial charge >= 0.3 is 0 Å². The average Bonchev–Trinajstić information content (AvgIpc) is 2.96. The van der Waals surface area contributed by atoms with Crippen LogP contribution in [0.3, 0.4) is 0 Å². The van der Waals surface area contributed by atoms with Crippen molar-refractivity contribution in [1.82, 2.24) is 0 Å². The number of benzene rings is 3. The Kier molecular flexibility index (Phi) is 5.90. The standard InChI is InChI=1S/C25H21ClN2O2S/c1-15-6-4-8-19(14-15)27-22-23(31-20-12-10-18(26)11-13-20)25(30)28(24(22)29)21-9-5-7-16(2)17(21)3/h4-14,27H,1-3H3. The van der Waals surface area contributed by atoms with E-state index in [2.05, 4.69) is 5.32 Å². The summed E-state index contributed by atoms with van der Waals surface area (Å²) in [5, 5.41) is 3.81. The molecule has 0 bridgehead atoms. The molecule has 1 N–H and O–H groups in total. The highest BCUT2D eigenvalue weighted by Crippen LogP contribution is 2.39. The lowest BCUT2D eigenvalue weighted by atomic mass is 10.1. The maximum atomic E-state index is 13.5. The van der Waals surface area contributed by atoms with Crippen molar-refractivity contribution in [1.29, 1.82) is 0 Å². The van der Waals surface area contributed by atoms with Crippen molar-refractivity contribution in [3.8, 4) is 0 Å². The van der Waals surface area contributed by atoms with E-state index in [4.69, 9.17) is 11.6 Å². The molecule has 1 aliphatic heterocycles. The first-order valence-electron chi connectivity index (χ1n) is 9.81. The largest absolute Gasteiger partial charge is 0.350 e. The fraction of sp³-hybridized carbons (Fsp3) is 0.120. The molecule has 2 amide bonds. The fourth-order valence-corrected chi connectivity index (χ4v) is 4.45. The first-order chi connectivity index (χ1) is 14.8. The summed E-state index contributed by atoms with van der Waals surface area (Å²) in [6.45, 7) is 5.86. The van der Waals surface area contributed by atoms with Crippen molar-refractivity contribution in [2.24, 2.45) is 0 Å². The number of amides is 2. The smallest absolute Gasteiger partial charge is 0.283 e. The highest BCUT2D eigenvalue weighted by Gasteiger charge is 2.40. The summed E-state index contributed by atoms with van der Waals surface area (Å²) in [5.41, 5.74) is 4.61. The summed E-state index contributed by atoms with van der Waals surface area (Å²) in [5.74, 6) is -0.703. The van der Waals surface area contributed by atoms with Gasteiger partial charge in [-0.2, -0.15) is 0 Å². The third-order valence-electron chi connectivity index (χ3n) is 5.18. The quantitative estimate of drug-likeness (QED) is 0.468. The van der Waals surface area contributed by atoms with E-state index in [0.29, 0.717) is 15.6 Å². The number of aryl methyl sites for hydroxylation is 2. The number of anilines is 2. The Morgan fingerprint density at radius 2 is 1.58 bits per heavy atom. The zero-order chi connectivity index (χ0) is 22.1. The minimum absolute atomic E-state index is 0.274. The Morgan fingerprint density at radius 3 is 2.29 bits per heavy atom. The molecule has 0 fully saturated rings. The van der Waals surface area contributed by atoms with Crippen LogP contribution in [0.4, 0.5) is 11.4 Å². The lowest BCUT2D eigenvalue weighted by Gasteiger charge is -2.19. The van der Waals surface area contributed by atoms with E-state index in [1.807, 2.05) is 69.3 Å². The minimum Gasteiger partial charge on any atom is -0.350 e. The summed E-state index contributed by atoms with van der Waals surface area (Å²) in [6, 6.07) is 20.5. The molecule has 3 aromatic rings. The van der Waals surface area contributed by atoms with Gasteiger partial charge in [-0.1, -0.05) is 47.6 Å². The predicted octanol–water partition coefficient (Wildman–Crippen LogP) is 6.25. The van der Waals surface area contributed by atoms with Gasteiger partial charge in [-0.15, -0.1) is 0 Å². The number of carbonyl (C=O) groups excluding carboxylic acids is 2. The molecule has 4 nitrogen and oxygen atoms in total. The molecule has 0 radical (unpaired) electrons. The van der Waals surface area contributed by atoms with Gasteiger partial charge in [-0.3, -0.25) is 9.59 Å². The molecule has 31 heavy (non-hydrogen) atoms. The summed E-state index contributed by atoms with van der Waals surface area (Å²) in [6.07, 6.45) is 0. The average molecular weight is 449 g/mol. The number of carbonyl (C=O) groups is 2. The SMILES string of the molecule is Cc1cccc(NC2=C(Sc3ccc(Cl)cc3)C(=O)N(c3cccc(C)c3C)C2=O)c1.